The van der Waals surface area contributed by atoms with Gasteiger partial charge in [0.05, 0.1) is 25.3 Å². The highest BCUT2D eigenvalue weighted by Crippen LogP contribution is 2.37. The number of methoxy groups -OCH3 is 1. The van der Waals surface area contributed by atoms with E-state index < -0.39 is 0 Å². The molecule has 0 saturated carbocycles. The number of pyridine rings is 1. The van der Waals surface area contributed by atoms with E-state index in [1.807, 2.05) is 62.3 Å². The van der Waals surface area contributed by atoms with Crippen LogP contribution in [0, 0.1) is 20.8 Å². The zero-order valence-corrected chi connectivity index (χ0v) is 18.6. The van der Waals surface area contributed by atoms with Crippen molar-refractivity contribution < 1.29 is 9.53 Å². The molecule has 160 valence electrons. The lowest BCUT2D eigenvalue weighted by molar-refractivity contribution is -0.131. The number of rotatable bonds is 5. The molecule has 1 aliphatic rings. The lowest BCUT2D eigenvalue weighted by Crippen LogP contribution is -2.32. The van der Waals surface area contributed by atoms with Crippen LogP contribution in [0.1, 0.15) is 47.1 Å². The van der Waals surface area contributed by atoms with Crippen molar-refractivity contribution >= 4 is 5.91 Å². The van der Waals surface area contributed by atoms with Gasteiger partial charge in [0.15, 0.2) is 0 Å². The molecule has 0 spiro atoms. The van der Waals surface area contributed by atoms with E-state index in [4.69, 9.17) is 9.72 Å². The zero-order chi connectivity index (χ0) is 22.0. The fourth-order valence-corrected chi connectivity index (χ4v) is 4.40. The number of ether oxygens (including phenoxy) is 1. The SMILES string of the molecule is COc1ccc(CC(=O)N2CCC[C@@H]2c2nc(C)ncc2-c2ccncc2C)cc1C. The quantitative estimate of drug-likeness (QED) is 0.617. The molecular formula is C25H28N4O2. The number of carbonyl (C=O) groups excluding carboxylic acids is 1. The minimum Gasteiger partial charge on any atom is -0.496 e. The van der Waals surface area contributed by atoms with E-state index >= 15 is 0 Å². The number of aromatic nitrogens is 3. The van der Waals surface area contributed by atoms with E-state index in [0.29, 0.717) is 6.42 Å². The molecule has 31 heavy (non-hydrogen) atoms. The summed E-state index contributed by atoms with van der Waals surface area (Å²) in [6.07, 6.45) is 7.76. The van der Waals surface area contributed by atoms with Crippen molar-refractivity contribution in [2.45, 2.75) is 46.1 Å². The van der Waals surface area contributed by atoms with Crippen LogP contribution in [0.2, 0.25) is 0 Å². The van der Waals surface area contributed by atoms with Crippen molar-refractivity contribution in [3.05, 3.63) is 71.1 Å². The molecule has 1 fully saturated rings. The smallest absolute Gasteiger partial charge is 0.227 e. The Bertz CT molecular complexity index is 1110. The van der Waals surface area contributed by atoms with Crippen LogP contribution in [0.4, 0.5) is 0 Å². The van der Waals surface area contributed by atoms with Gasteiger partial charge in [-0.25, -0.2) is 9.97 Å². The molecule has 1 aliphatic heterocycles. The Morgan fingerprint density at radius 2 is 1.97 bits per heavy atom. The van der Waals surface area contributed by atoms with Crippen LogP contribution >= 0.6 is 0 Å². The Labute approximate surface area is 183 Å². The predicted octanol–water partition coefficient (Wildman–Crippen LogP) is 4.38. The molecule has 0 aliphatic carbocycles. The molecule has 1 amide bonds. The number of likely N-dealkylation sites (tertiary alicyclic amines) is 1. The molecule has 6 heteroatoms. The Morgan fingerprint density at radius 3 is 2.71 bits per heavy atom. The summed E-state index contributed by atoms with van der Waals surface area (Å²) >= 11 is 0. The molecule has 0 bridgehead atoms. The molecule has 6 nitrogen and oxygen atoms in total. The van der Waals surface area contributed by atoms with Crippen LogP contribution < -0.4 is 4.74 Å². The highest BCUT2D eigenvalue weighted by molar-refractivity contribution is 5.80. The van der Waals surface area contributed by atoms with Gasteiger partial charge >= 0.3 is 0 Å². The van der Waals surface area contributed by atoms with Crippen LogP contribution in [-0.4, -0.2) is 39.4 Å². The molecule has 0 N–H and O–H groups in total. The monoisotopic (exact) mass is 416 g/mol. The van der Waals surface area contributed by atoms with E-state index in [-0.39, 0.29) is 11.9 Å². The van der Waals surface area contributed by atoms with Crippen LogP contribution in [0.15, 0.2) is 42.9 Å². The molecule has 1 saturated heterocycles. The molecule has 2 aromatic heterocycles. The first-order valence-corrected chi connectivity index (χ1v) is 10.7. The van der Waals surface area contributed by atoms with Crippen molar-refractivity contribution in [3.8, 4) is 16.9 Å². The maximum absolute atomic E-state index is 13.3. The fourth-order valence-electron chi connectivity index (χ4n) is 4.40. The van der Waals surface area contributed by atoms with Gasteiger partial charge in [-0.3, -0.25) is 9.78 Å². The first kappa shape index (κ1) is 21.0. The van der Waals surface area contributed by atoms with Gasteiger partial charge in [-0.05, 0) is 68.0 Å². The Balaban J connectivity index is 1.64. The molecule has 1 aromatic carbocycles. The summed E-state index contributed by atoms with van der Waals surface area (Å²) in [5, 5.41) is 0. The highest BCUT2D eigenvalue weighted by atomic mass is 16.5. The number of amides is 1. The minimum absolute atomic E-state index is 0.0453. The van der Waals surface area contributed by atoms with Crippen molar-refractivity contribution in [1.82, 2.24) is 19.9 Å². The maximum atomic E-state index is 13.3. The van der Waals surface area contributed by atoms with Gasteiger partial charge in [-0.1, -0.05) is 12.1 Å². The molecule has 0 radical (unpaired) electrons. The third-order valence-corrected chi connectivity index (χ3v) is 5.95. The van der Waals surface area contributed by atoms with E-state index in [9.17, 15) is 4.79 Å². The lowest BCUT2D eigenvalue weighted by atomic mass is 9.97. The molecular weight excluding hydrogens is 388 g/mol. The fraction of sp³-hybridized carbons (Fsp3) is 0.360. The summed E-state index contributed by atoms with van der Waals surface area (Å²) < 4.78 is 5.34. The number of aryl methyl sites for hydroxylation is 3. The van der Waals surface area contributed by atoms with E-state index in [1.165, 1.54) is 0 Å². The standard InChI is InChI=1S/C25H28N4O2/c1-16-12-19(7-8-23(16)31-4)13-24(30)29-11-5-6-22(29)25-21(15-27-18(3)28-25)20-9-10-26-14-17(20)2/h7-10,12,14-15,22H,5-6,11,13H2,1-4H3/t22-/m1/s1. The second kappa shape index (κ2) is 8.84. The van der Waals surface area contributed by atoms with E-state index in [1.54, 1.807) is 13.3 Å². The zero-order valence-electron chi connectivity index (χ0n) is 18.6. The third kappa shape index (κ3) is 4.29. The Morgan fingerprint density at radius 1 is 1.13 bits per heavy atom. The normalized spacial score (nSPS) is 15.9. The minimum atomic E-state index is -0.0453. The lowest BCUT2D eigenvalue weighted by Gasteiger charge is -2.26. The first-order chi connectivity index (χ1) is 15.0. The topological polar surface area (TPSA) is 68.2 Å². The third-order valence-electron chi connectivity index (χ3n) is 5.95. The number of carbonyl (C=O) groups is 1. The first-order valence-electron chi connectivity index (χ1n) is 10.7. The predicted molar refractivity (Wildman–Crippen MR) is 120 cm³/mol. The van der Waals surface area contributed by atoms with Crippen molar-refractivity contribution in [3.63, 3.8) is 0 Å². The summed E-state index contributed by atoms with van der Waals surface area (Å²) in [6.45, 7) is 6.68. The number of hydrogen-bond acceptors (Lipinski definition) is 5. The molecule has 3 heterocycles. The maximum Gasteiger partial charge on any atom is 0.227 e. The van der Waals surface area contributed by atoms with Gasteiger partial charge in [0, 0.05) is 30.7 Å². The molecule has 1 atom stereocenters. The second-order valence-corrected chi connectivity index (χ2v) is 8.13. The van der Waals surface area contributed by atoms with E-state index in [0.717, 1.165) is 64.5 Å². The van der Waals surface area contributed by atoms with Crippen LogP contribution in [0.3, 0.4) is 0 Å². The van der Waals surface area contributed by atoms with Crippen LogP contribution in [-0.2, 0) is 11.2 Å². The summed E-state index contributed by atoms with van der Waals surface area (Å²) in [4.78, 5) is 28.8. The second-order valence-electron chi connectivity index (χ2n) is 8.13. The number of hydrogen-bond donors (Lipinski definition) is 0. The summed E-state index contributed by atoms with van der Waals surface area (Å²) in [5.41, 5.74) is 6.08. The highest BCUT2D eigenvalue weighted by Gasteiger charge is 2.33. The van der Waals surface area contributed by atoms with Crippen molar-refractivity contribution in [2.75, 3.05) is 13.7 Å². The summed E-state index contributed by atoms with van der Waals surface area (Å²) in [6, 6.07) is 7.87. The Hall–Kier alpha value is -3.28. The van der Waals surface area contributed by atoms with Gasteiger partial charge in [-0.15, -0.1) is 0 Å². The molecule has 0 unspecified atom stereocenters. The molecule has 3 aromatic rings. The summed E-state index contributed by atoms with van der Waals surface area (Å²) in [5.74, 6) is 1.68. The van der Waals surface area contributed by atoms with Gasteiger partial charge in [0.2, 0.25) is 5.91 Å². The average molecular weight is 417 g/mol. The van der Waals surface area contributed by atoms with Crippen molar-refractivity contribution in [2.24, 2.45) is 0 Å². The largest absolute Gasteiger partial charge is 0.496 e. The van der Waals surface area contributed by atoms with E-state index in [2.05, 4.69) is 9.97 Å². The average Bonchev–Trinajstić information content (AvgIpc) is 3.24. The van der Waals surface area contributed by atoms with Crippen LogP contribution in [0.25, 0.3) is 11.1 Å². The van der Waals surface area contributed by atoms with Gasteiger partial charge in [0.25, 0.3) is 0 Å². The van der Waals surface area contributed by atoms with Gasteiger partial charge in [-0.2, -0.15) is 0 Å². The number of benzene rings is 1. The number of nitrogens with zero attached hydrogens (tertiary/aromatic N) is 4. The summed E-state index contributed by atoms with van der Waals surface area (Å²) in [7, 11) is 1.66. The Kier molecular flexibility index (Phi) is 5.98. The van der Waals surface area contributed by atoms with Crippen molar-refractivity contribution in [1.29, 1.82) is 0 Å². The van der Waals surface area contributed by atoms with Gasteiger partial charge < -0.3 is 9.64 Å². The van der Waals surface area contributed by atoms with Gasteiger partial charge in [0.1, 0.15) is 11.6 Å². The molecule has 4 rings (SSSR count). The van der Waals surface area contributed by atoms with Crippen LogP contribution in [0.5, 0.6) is 5.75 Å².